The predicted molar refractivity (Wildman–Crippen MR) is 120 cm³/mol. The molecule has 2 aromatic rings. The van der Waals surface area contributed by atoms with Crippen LogP contribution in [-0.4, -0.2) is 20.0 Å². The molecule has 0 fully saturated rings. The van der Waals surface area contributed by atoms with Crippen molar-refractivity contribution in [2.24, 2.45) is 19.9 Å². The summed E-state index contributed by atoms with van der Waals surface area (Å²) in [6, 6.07) is 15.0. The molecule has 1 heterocycles. The van der Waals surface area contributed by atoms with Crippen molar-refractivity contribution < 1.29 is 23.5 Å². The van der Waals surface area contributed by atoms with E-state index in [1.807, 2.05) is 30.3 Å². The van der Waals surface area contributed by atoms with E-state index in [0.29, 0.717) is 21.2 Å². The topological polar surface area (TPSA) is 124 Å². The van der Waals surface area contributed by atoms with Gasteiger partial charge in [-0.3, -0.25) is 5.41 Å². The van der Waals surface area contributed by atoms with E-state index in [9.17, 15) is 8.42 Å². The van der Waals surface area contributed by atoms with Gasteiger partial charge in [-0.2, -0.15) is 5.10 Å². The van der Waals surface area contributed by atoms with Gasteiger partial charge in [-0.1, -0.05) is 18.2 Å². The number of anilines is 1. The number of nitrogens with zero attached hydrogens (tertiary/aromatic N) is 4. The van der Waals surface area contributed by atoms with Gasteiger partial charge in [-0.15, -0.1) is 13.9 Å². The fourth-order valence-electron chi connectivity index (χ4n) is 2.38. The molecule has 0 bridgehead atoms. The molecule has 0 atom stereocenters. The van der Waals surface area contributed by atoms with Crippen molar-refractivity contribution in [3.8, 4) is 0 Å². The van der Waals surface area contributed by atoms with E-state index < -0.39 is 10.0 Å². The molecule has 0 radical (unpaired) electrons. The maximum atomic E-state index is 11.2. The number of amidine groups is 1. The van der Waals surface area contributed by atoms with Crippen LogP contribution in [-0.2, 0) is 37.8 Å². The molecule has 0 spiro atoms. The van der Waals surface area contributed by atoms with E-state index in [4.69, 9.17) is 23.2 Å². The molecule has 3 rings (SSSR count). The second-order valence-electron chi connectivity index (χ2n) is 5.66. The predicted octanol–water partition coefficient (Wildman–Crippen LogP) is 4.38. The first-order chi connectivity index (χ1) is 14.3. The Morgan fingerprint density at radius 1 is 1.20 bits per heavy atom. The zero-order valence-electron chi connectivity index (χ0n) is 15.3. The van der Waals surface area contributed by atoms with E-state index in [-0.39, 0.29) is 10.7 Å². The van der Waals surface area contributed by atoms with Crippen LogP contribution in [0.4, 0.5) is 11.4 Å². The third-order valence-electron chi connectivity index (χ3n) is 3.71. The second-order valence-corrected chi connectivity index (χ2v) is 8.64. The van der Waals surface area contributed by atoms with Gasteiger partial charge in [0.2, 0.25) is 10.0 Å². The van der Waals surface area contributed by atoms with Crippen molar-refractivity contribution in [1.82, 2.24) is 0 Å². The van der Waals surface area contributed by atoms with Gasteiger partial charge in [-0.05, 0) is 43.3 Å². The summed E-state index contributed by atoms with van der Waals surface area (Å²) in [5.41, 5.74) is 2.36. The Morgan fingerprint density at radius 3 is 2.37 bits per heavy atom. The Labute approximate surface area is 196 Å². The third kappa shape index (κ3) is 6.11. The molecule has 1 aliphatic rings. The standard InChI is InChI=1S/C17H16N6O2S3.ClH.Cu/c1-11-15(16(18)23(21-11)13-5-3-2-4-6-13)17(26)27-22-20-12-7-9-14(10-8-12)28(19,24)25;;/h2-10,18,26H,1H3,(H2,19,24,25);1H;/q;;+2/p-2/b17-15-,18-16?,22-20?;;. The first-order valence-electron chi connectivity index (χ1n) is 8.00. The molecule has 0 saturated heterocycles. The molecule has 8 nitrogen and oxygen atoms in total. The van der Waals surface area contributed by atoms with E-state index in [1.165, 1.54) is 29.3 Å². The second kappa shape index (κ2) is 11.0. The van der Waals surface area contributed by atoms with Gasteiger partial charge in [0.25, 0.3) is 0 Å². The Kier molecular flexibility index (Phi) is 8.98. The molecule has 0 unspecified atom stereocenters. The van der Waals surface area contributed by atoms with Crippen LogP contribution < -0.4 is 10.1 Å². The number of sulfonamides is 1. The Balaban J connectivity index is 0.00000155. The molecule has 2 aromatic carbocycles. The average molecular weight is 531 g/mol. The van der Waals surface area contributed by atoms with Crippen LogP contribution in [0.2, 0.25) is 0 Å². The van der Waals surface area contributed by atoms with Crippen molar-refractivity contribution in [2.75, 3.05) is 5.01 Å². The van der Waals surface area contributed by atoms with Crippen molar-refractivity contribution in [1.29, 1.82) is 5.41 Å². The first-order valence-corrected chi connectivity index (χ1v) is 12.0. The fraction of sp³-hybridized carbons (Fsp3) is 0.0588. The van der Waals surface area contributed by atoms with E-state index in [0.717, 1.165) is 17.6 Å². The quantitative estimate of drug-likeness (QED) is 0.257. The van der Waals surface area contributed by atoms with Gasteiger partial charge in [0.05, 0.1) is 22.0 Å². The molecule has 0 aromatic heterocycles. The summed E-state index contributed by atoms with van der Waals surface area (Å²) in [6.45, 7) is 1.78. The van der Waals surface area contributed by atoms with Crippen molar-refractivity contribution in [2.45, 2.75) is 11.8 Å². The summed E-state index contributed by atoms with van der Waals surface area (Å²) < 4.78 is 26.8. The van der Waals surface area contributed by atoms with E-state index in [2.05, 4.69) is 39.9 Å². The maximum absolute atomic E-state index is 11.2. The summed E-state index contributed by atoms with van der Waals surface area (Å²) >= 11 is 9.99. The fourth-order valence-corrected chi connectivity index (χ4v) is 3.79. The van der Waals surface area contributed by atoms with Crippen LogP contribution in [0.15, 0.2) is 84.0 Å². The average Bonchev–Trinajstić information content (AvgIpc) is 3.04. The molecule has 13 heteroatoms. The zero-order chi connectivity index (χ0) is 22.3. The molecular formula is C17H15ClCuN6O2S3. The Bertz CT molecular complexity index is 1110. The van der Waals surface area contributed by atoms with Crippen LogP contribution in [0.25, 0.3) is 0 Å². The Hall–Kier alpha value is -1.79. The van der Waals surface area contributed by atoms with Crippen LogP contribution >= 0.6 is 22.0 Å². The zero-order valence-corrected chi connectivity index (χ0v) is 19.4. The Morgan fingerprint density at radius 2 is 1.80 bits per heavy atom. The molecule has 0 amide bonds. The molecule has 0 saturated carbocycles. The molecule has 1 aliphatic heterocycles. The summed E-state index contributed by atoms with van der Waals surface area (Å²) in [7, 11) is 0.453. The number of nitrogens with two attached hydrogens (primary N) is 1. The van der Waals surface area contributed by atoms with Crippen LogP contribution in [0.5, 0.6) is 0 Å². The first kappa shape index (κ1) is 24.5. The number of primary sulfonamides is 1. The molecule has 161 valence electrons. The van der Waals surface area contributed by atoms with Gasteiger partial charge >= 0.3 is 25.2 Å². The van der Waals surface area contributed by atoms with Gasteiger partial charge < -0.3 is 12.6 Å². The number of para-hydroxylation sites is 1. The number of hydrogen-bond acceptors (Lipinski definition) is 8. The monoisotopic (exact) mass is 529 g/mol. The molecule has 3 N–H and O–H groups in total. The van der Waals surface area contributed by atoms with Crippen molar-refractivity contribution in [3.05, 3.63) is 64.4 Å². The number of hydrogen-bond donors (Lipinski definition) is 2. The SMILES string of the molecule is CC1=NN(c2ccccc2)C(=N)/C1=C(/[S-])SN=Nc1ccc(S(N)(=O)=O)cc1.[Cl][Cu+]. The van der Waals surface area contributed by atoms with Crippen LogP contribution in [0.1, 0.15) is 6.92 Å². The molecular weight excluding hydrogens is 515 g/mol. The van der Waals surface area contributed by atoms with Crippen molar-refractivity contribution in [3.63, 3.8) is 0 Å². The summed E-state index contributed by atoms with van der Waals surface area (Å²) in [5.74, 6) is 0.175. The van der Waals surface area contributed by atoms with Crippen LogP contribution in [0.3, 0.4) is 0 Å². The third-order valence-corrected chi connectivity index (χ3v) is 5.60. The van der Waals surface area contributed by atoms with Gasteiger partial charge in [0.15, 0.2) is 5.84 Å². The van der Waals surface area contributed by atoms with E-state index in [1.54, 1.807) is 6.92 Å². The molecule has 30 heavy (non-hydrogen) atoms. The van der Waals surface area contributed by atoms with Gasteiger partial charge in [0, 0.05) is 17.5 Å². The van der Waals surface area contributed by atoms with Crippen LogP contribution in [0, 0.1) is 5.41 Å². The summed E-state index contributed by atoms with van der Waals surface area (Å²) in [5, 5.41) is 23.3. The number of rotatable bonds is 5. The van der Waals surface area contributed by atoms with Crippen molar-refractivity contribution >= 4 is 67.6 Å². The number of benzene rings is 2. The minimum atomic E-state index is -3.75. The number of nitrogens with one attached hydrogen (secondary N) is 1. The number of halogens is 1. The van der Waals surface area contributed by atoms with E-state index >= 15 is 0 Å². The number of hydrazone groups is 1. The minimum absolute atomic E-state index is 0.00239. The summed E-state index contributed by atoms with van der Waals surface area (Å²) in [4.78, 5) is -0.00239. The summed E-state index contributed by atoms with van der Waals surface area (Å²) in [6.07, 6.45) is 0. The van der Waals surface area contributed by atoms with Gasteiger partial charge in [-0.25, -0.2) is 18.6 Å². The molecule has 0 aliphatic carbocycles. The van der Waals surface area contributed by atoms with Gasteiger partial charge in [0.1, 0.15) is 0 Å². The normalized spacial score (nSPS) is 15.7.